The number of aryl methyl sites for hydroxylation is 1. The van der Waals surface area contributed by atoms with Crippen LogP contribution in [-0.4, -0.2) is 30.0 Å². The third kappa shape index (κ3) is 4.39. The van der Waals surface area contributed by atoms with Crippen molar-refractivity contribution in [1.29, 1.82) is 0 Å². The minimum Gasteiger partial charge on any atom is -0.507 e. The van der Waals surface area contributed by atoms with Crippen LogP contribution in [0.3, 0.4) is 0 Å². The first kappa shape index (κ1) is 23.1. The summed E-state index contributed by atoms with van der Waals surface area (Å²) in [5.74, 6) is -0.506. The Bertz CT molecular complexity index is 1250. The van der Waals surface area contributed by atoms with Crippen LogP contribution in [0, 0.1) is 6.92 Å². The highest BCUT2D eigenvalue weighted by Crippen LogP contribution is 2.43. The molecule has 0 bridgehead atoms. The van der Waals surface area contributed by atoms with Crippen LogP contribution in [0.5, 0.6) is 11.5 Å². The van der Waals surface area contributed by atoms with Crippen molar-refractivity contribution in [2.24, 2.45) is 0 Å². The molecule has 6 heteroatoms. The second kappa shape index (κ2) is 9.83. The number of aliphatic hydroxyl groups excluding tert-OH is 1. The molecule has 174 valence electrons. The number of carbonyl (C=O) groups is 2. The molecule has 1 aliphatic heterocycles. The molecule has 1 saturated heterocycles. The van der Waals surface area contributed by atoms with Gasteiger partial charge in [-0.05, 0) is 62.7 Å². The monoisotopic (exact) mass is 457 g/mol. The lowest BCUT2D eigenvalue weighted by Gasteiger charge is -2.26. The molecule has 0 saturated carbocycles. The number of hydrogen-bond acceptors (Lipinski definition) is 5. The molecule has 1 amide bonds. The van der Waals surface area contributed by atoms with E-state index < -0.39 is 17.7 Å². The van der Waals surface area contributed by atoms with Gasteiger partial charge in [-0.1, -0.05) is 42.0 Å². The Morgan fingerprint density at radius 3 is 2.15 bits per heavy atom. The van der Waals surface area contributed by atoms with Gasteiger partial charge in [-0.15, -0.1) is 0 Å². The molecule has 0 spiro atoms. The van der Waals surface area contributed by atoms with E-state index in [4.69, 9.17) is 9.47 Å². The number of amides is 1. The molecular weight excluding hydrogens is 430 g/mol. The zero-order valence-electron chi connectivity index (χ0n) is 19.4. The van der Waals surface area contributed by atoms with Gasteiger partial charge in [0, 0.05) is 11.3 Å². The fourth-order valence-corrected chi connectivity index (χ4v) is 4.12. The fourth-order valence-electron chi connectivity index (χ4n) is 4.12. The lowest BCUT2D eigenvalue weighted by atomic mass is 9.95. The fraction of sp³-hybridized carbons (Fsp3) is 0.214. The average molecular weight is 458 g/mol. The number of hydrogen-bond donors (Lipinski definition) is 1. The van der Waals surface area contributed by atoms with Crippen molar-refractivity contribution < 1.29 is 24.2 Å². The Balaban J connectivity index is 1.92. The molecule has 1 atom stereocenters. The van der Waals surface area contributed by atoms with E-state index in [1.54, 1.807) is 42.5 Å². The summed E-state index contributed by atoms with van der Waals surface area (Å²) in [6, 6.07) is 20.6. The van der Waals surface area contributed by atoms with E-state index in [9.17, 15) is 14.7 Å². The van der Waals surface area contributed by atoms with Crippen molar-refractivity contribution in [3.05, 3.63) is 95.1 Å². The molecule has 1 heterocycles. The standard InChI is InChI=1S/C28H27NO5/c1-4-33-22-10-6-8-19(16-22)25-24(26(30)20-9-7-11-23(17-20)34-5-2)27(31)28(32)29(25)21-14-12-18(3)13-15-21/h6-17,25,30H,4-5H2,1-3H3/b26-24-. The summed E-state index contributed by atoms with van der Waals surface area (Å²) < 4.78 is 11.2. The van der Waals surface area contributed by atoms with Crippen LogP contribution in [0.25, 0.3) is 5.76 Å². The summed E-state index contributed by atoms with van der Waals surface area (Å²) >= 11 is 0. The highest BCUT2D eigenvalue weighted by atomic mass is 16.5. The first-order chi connectivity index (χ1) is 16.4. The van der Waals surface area contributed by atoms with E-state index in [0.29, 0.717) is 41.5 Å². The maximum Gasteiger partial charge on any atom is 0.300 e. The number of aliphatic hydroxyl groups is 1. The summed E-state index contributed by atoms with van der Waals surface area (Å²) in [6.45, 7) is 6.64. The van der Waals surface area contributed by atoms with Crippen LogP contribution in [0.1, 0.15) is 36.6 Å². The van der Waals surface area contributed by atoms with Crippen LogP contribution in [-0.2, 0) is 9.59 Å². The van der Waals surface area contributed by atoms with Crippen molar-refractivity contribution in [1.82, 2.24) is 0 Å². The van der Waals surface area contributed by atoms with Crippen LogP contribution < -0.4 is 14.4 Å². The second-order valence-electron chi connectivity index (χ2n) is 7.97. The minimum absolute atomic E-state index is 0.0212. The van der Waals surface area contributed by atoms with Crippen molar-refractivity contribution in [2.45, 2.75) is 26.8 Å². The van der Waals surface area contributed by atoms with Gasteiger partial charge in [0.1, 0.15) is 17.3 Å². The van der Waals surface area contributed by atoms with Crippen molar-refractivity contribution >= 4 is 23.1 Å². The average Bonchev–Trinajstić information content (AvgIpc) is 3.10. The lowest BCUT2D eigenvalue weighted by molar-refractivity contribution is -0.132. The van der Waals surface area contributed by atoms with Crippen molar-refractivity contribution in [3.8, 4) is 11.5 Å². The summed E-state index contributed by atoms with van der Waals surface area (Å²) in [5, 5.41) is 11.3. The molecule has 3 aromatic carbocycles. The topological polar surface area (TPSA) is 76.1 Å². The highest BCUT2D eigenvalue weighted by molar-refractivity contribution is 6.51. The molecule has 0 radical (unpaired) electrons. The molecule has 3 aromatic rings. The van der Waals surface area contributed by atoms with E-state index >= 15 is 0 Å². The Morgan fingerprint density at radius 1 is 0.882 bits per heavy atom. The third-order valence-electron chi connectivity index (χ3n) is 5.66. The zero-order chi connectivity index (χ0) is 24.2. The number of ether oxygens (including phenoxy) is 2. The number of Topliss-reactive ketones (excluding diaryl/α,β-unsaturated/α-hetero) is 1. The van der Waals surface area contributed by atoms with Crippen molar-refractivity contribution in [2.75, 3.05) is 18.1 Å². The van der Waals surface area contributed by atoms with Gasteiger partial charge in [-0.25, -0.2) is 0 Å². The summed E-state index contributed by atoms with van der Waals surface area (Å²) in [6.07, 6.45) is 0. The molecule has 0 aliphatic carbocycles. The maximum atomic E-state index is 13.3. The van der Waals surface area contributed by atoms with Gasteiger partial charge in [0.2, 0.25) is 0 Å². The normalized spacial score (nSPS) is 17.1. The summed E-state index contributed by atoms with van der Waals surface area (Å²) in [7, 11) is 0. The smallest absolute Gasteiger partial charge is 0.300 e. The summed E-state index contributed by atoms with van der Waals surface area (Å²) in [4.78, 5) is 28.0. The largest absolute Gasteiger partial charge is 0.507 e. The number of nitrogens with zero attached hydrogens (tertiary/aromatic N) is 1. The number of rotatable bonds is 7. The summed E-state index contributed by atoms with van der Waals surface area (Å²) in [5.41, 5.74) is 2.68. The van der Waals surface area contributed by atoms with E-state index in [0.717, 1.165) is 5.56 Å². The lowest BCUT2D eigenvalue weighted by Crippen LogP contribution is -2.29. The molecule has 0 aromatic heterocycles. The van der Waals surface area contributed by atoms with Gasteiger partial charge in [-0.2, -0.15) is 0 Å². The number of anilines is 1. The second-order valence-corrected chi connectivity index (χ2v) is 7.97. The molecule has 6 nitrogen and oxygen atoms in total. The molecular formula is C28H27NO5. The number of ketones is 1. The molecule has 1 aliphatic rings. The molecule has 4 rings (SSSR count). The van der Waals surface area contributed by atoms with Gasteiger partial charge in [-0.3, -0.25) is 14.5 Å². The van der Waals surface area contributed by atoms with Gasteiger partial charge in [0.15, 0.2) is 0 Å². The van der Waals surface area contributed by atoms with Gasteiger partial charge in [0.25, 0.3) is 11.7 Å². The van der Waals surface area contributed by atoms with Crippen molar-refractivity contribution in [3.63, 3.8) is 0 Å². The minimum atomic E-state index is -0.820. The third-order valence-corrected chi connectivity index (χ3v) is 5.66. The molecule has 1 N–H and O–H groups in total. The Morgan fingerprint density at radius 2 is 1.50 bits per heavy atom. The maximum absolute atomic E-state index is 13.3. The Kier molecular flexibility index (Phi) is 6.68. The number of carbonyl (C=O) groups excluding carboxylic acids is 2. The molecule has 1 fully saturated rings. The van der Waals surface area contributed by atoms with Gasteiger partial charge in [0.05, 0.1) is 24.8 Å². The quantitative estimate of drug-likeness (QED) is 0.291. The predicted octanol–water partition coefficient (Wildman–Crippen LogP) is 5.42. The Labute approximate surface area is 199 Å². The Hall–Kier alpha value is -4.06. The van der Waals surface area contributed by atoms with Crippen LogP contribution >= 0.6 is 0 Å². The first-order valence-electron chi connectivity index (χ1n) is 11.3. The van der Waals surface area contributed by atoms with E-state index in [1.807, 2.05) is 51.1 Å². The van der Waals surface area contributed by atoms with E-state index in [2.05, 4.69) is 0 Å². The van der Waals surface area contributed by atoms with Crippen LogP contribution in [0.15, 0.2) is 78.4 Å². The van der Waals surface area contributed by atoms with Gasteiger partial charge < -0.3 is 14.6 Å². The molecule has 34 heavy (non-hydrogen) atoms. The van der Waals surface area contributed by atoms with E-state index in [-0.39, 0.29) is 11.3 Å². The van der Waals surface area contributed by atoms with E-state index in [1.165, 1.54) is 4.90 Å². The SMILES string of the molecule is CCOc1cccc(/C(O)=C2/C(=O)C(=O)N(c3ccc(C)cc3)C2c2cccc(OCC)c2)c1. The van der Waals surface area contributed by atoms with Crippen LogP contribution in [0.2, 0.25) is 0 Å². The first-order valence-corrected chi connectivity index (χ1v) is 11.3. The number of benzene rings is 3. The highest BCUT2D eigenvalue weighted by Gasteiger charge is 2.47. The zero-order valence-corrected chi connectivity index (χ0v) is 19.4. The van der Waals surface area contributed by atoms with Crippen LogP contribution in [0.4, 0.5) is 5.69 Å². The van der Waals surface area contributed by atoms with Gasteiger partial charge >= 0.3 is 0 Å². The predicted molar refractivity (Wildman–Crippen MR) is 131 cm³/mol. The molecule has 1 unspecified atom stereocenters.